The van der Waals surface area contributed by atoms with Crippen molar-refractivity contribution in [1.82, 2.24) is 0 Å². The van der Waals surface area contributed by atoms with Gasteiger partial charge in [0.1, 0.15) is 6.04 Å². The van der Waals surface area contributed by atoms with Crippen molar-refractivity contribution in [2.45, 2.75) is 6.04 Å². The van der Waals surface area contributed by atoms with E-state index in [1.165, 1.54) is 12.1 Å². The van der Waals surface area contributed by atoms with Gasteiger partial charge in [-0.25, -0.2) is 0 Å². The molecular weight excluding hydrogens is 319 g/mol. The van der Waals surface area contributed by atoms with E-state index in [2.05, 4.69) is 5.32 Å². The Kier molecular flexibility index (Phi) is 4.89. The maximum atomic E-state index is 12.1. The maximum absolute atomic E-state index is 12.1. The molecular formula is C14H11Cl3N2O. The van der Waals surface area contributed by atoms with Gasteiger partial charge >= 0.3 is 0 Å². The molecule has 3 N–H and O–H groups in total. The average Bonchev–Trinajstić information content (AvgIpc) is 2.42. The Morgan fingerprint density at radius 3 is 2.15 bits per heavy atom. The van der Waals surface area contributed by atoms with Crippen molar-refractivity contribution in [2.75, 3.05) is 5.32 Å². The van der Waals surface area contributed by atoms with Gasteiger partial charge in [-0.05, 0) is 17.7 Å². The first kappa shape index (κ1) is 15.1. The third kappa shape index (κ3) is 3.44. The van der Waals surface area contributed by atoms with Crippen LogP contribution in [0.5, 0.6) is 0 Å². The summed E-state index contributed by atoms with van der Waals surface area (Å²) in [5.41, 5.74) is 6.89. The molecule has 1 amide bonds. The summed E-state index contributed by atoms with van der Waals surface area (Å²) in [7, 11) is 0. The molecule has 20 heavy (non-hydrogen) atoms. The van der Waals surface area contributed by atoms with E-state index >= 15 is 0 Å². The summed E-state index contributed by atoms with van der Waals surface area (Å²) >= 11 is 17.8. The number of halogens is 3. The van der Waals surface area contributed by atoms with Crippen LogP contribution in [0.1, 0.15) is 11.6 Å². The molecule has 0 heterocycles. The van der Waals surface area contributed by atoms with Crippen LogP contribution in [0.3, 0.4) is 0 Å². The van der Waals surface area contributed by atoms with Crippen LogP contribution in [0.25, 0.3) is 0 Å². The van der Waals surface area contributed by atoms with Gasteiger partial charge in [-0.2, -0.15) is 0 Å². The first-order valence-corrected chi connectivity index (χ1v) is 6.88. The van der Waals surface area contributed by atoms with Crippen LogP contribution in [0, 0.1) is 0 Å². The Morgan fingerprint density at radius 2 is 1.60 bits per heavy atom. The highest BCUT2D eigenvalue weighted by molar-refractivity contribution is 6.42. The molecule has 0 aliphatic heterocycles. The van der Waals surface area contributed by atoms with Crippen LogP contribution in [0.15, 0.2) is 42.5 Å². The minimum atomic E-state index is -0.806. The molecule has 104 valence electrons. The van der Waals surface area contributed by atoms with E-state index in [0.717, 1.165) is 0 Å². The molecule has 0 bridgehead atoms. The quantitative estimate of drug-likeness (QED) is 0.883. The van der Waals surface area contributed by atoms with Gasteiger partial charge in [0.25, 0.3) is 0 Å². The van der Waals surface area contributed by atoms with Gasteiger partial charge in [0.05, 0.1) is 15.7 Å². The standard InChI is InChI=1S/C14H11Cl3N2O/c15-9-6-10(16)13(11(17)7-9)19-14(20)12(18)8-4-2-1-3-5-8/h1-7,12H,18H2,(H,19,20)/t12-/m0/s1. The molecule has 0 fully saturated rings. The van der Waals surface area contributed by atoms with Crippen LogP contribution in [-0.4, -0.2) is 5.91 Å². The lowest BCUT2D eigenvalue weighted by molar-refractivity contribution is -0.117. The lowest BCUT2D eigenvalue weighted by atomic mass is 10.1. The lowest BCUT2D eigenvalue weighted by Gasteiger charge is -2.14. The molecule has 0 saturated heterocycles. The Balaban J connectivity index is 2.20. The highest BCUT2D eigenvalue weighted by atomic mass is 35.5. The predicted octanol–water partition coefficient (Wildman–Crippen LogP) is 4.29. The van der Waals surface area contributed by atoms with Crippen LogP contribution in [0.2, 0.25) is 15.1 Å². The van der Waals surface area contributed by atoms with Gasteiger partial charge in [0.2, 0.25) is 5.91 Å². The Hall–Kier alpha value is -1.26. The van der Waals surface area contributed by atoms with E-state index in [9.17, 15) is 4.79 Å². The zero-order valence-corrected chi connectivity index (χ0v) is 12.5. The Morgan fingerprint density at radius 1 is 1.05 bits per heavy atom. The fourth-order valence-electron chi connectivity index (χ4n) is 1.67. The van der Waals surface area contributed by atoms with Crippen molar-refractivity contribution in [3.05, 3.63) is 63.1 Å². The van der Waals surface area contributed by atoms with Crippen molar-refractivity contribution in [2.24, 2.45) is 5.73 Å². The number of amides is 1. The summed E-state index contributed by atoms with van der Waals surface area (Å²) in [5, 5.41) is 3.53. The van der Waals surface area contributed by atoms with Crippen molar-refractivity contribution in [1.29, 1.82) is 0 Å². The fraction of sp³-hybridized carbons (Fsp3) is 0.0714. The smallest absolute Gasteiger partial charge is 0.245 e. The molecule has 2 rings (SSSR count). The molecule has 2 aromatic carbocycles. The molecule has 0 aliphatic carbocycles. The van der Waals surface area contributed by atoms with E-state index < -0.39 is 11.9 Å². The summed E-state index contributed by atoms with van der Waals surface area (Å²) in [6.07, 6.45) is 0. The van der Waals surface area contributed by atoms with E-state index in [4.69, 9.17) is 40.5 Å². The zero-order valence-electron chi connectivity index (χ0n) is 10.2. The largest absolute Gasteiger partial charge is 0.322 e. The van der Waals surface area contributed by atoms with Crippen molar-refractivity contribution in [3.63, 3.8) is 0 Å². The van der Waals surface area contributed by atoms with E-state index in [0.29, 0.717) is 16.3 Å². The minimum Gasteiger partial charge on any atom is -0.322 e. The fourth-order valence-corrected chi connectivity index (χ4v) is 2.59. The van der Waals surface area contributed by atoms with Gasteiger partial charge in [-0.1, -0.05) is 65.1 Å². The second-order valence-electron chi connectivity index (χ2n) is 4.12. The van der Waals surface area contributed by atoms with Gasteiger partial charge in [0, 0.05) is 5.02 Å². The molecule has 2 aromatic rings. The Labute approximate surface area is 131 Å². The molecule has 0 aliphatic rings. The number of hydrogen-bond donors (Lipinski definition) is 2. The van der Waals surface area contributed by atoms with Crippen LogP contribution >= 0.6 is 34.8 Å². The summed E-state index contributed by atoms with van der Waals surface area (Å²) in [6.45, 7) is 0. The summed E-state index contributed by atoms with van der Waals surface area (Å²) in [4.78, 5) is 12.1. The summed E-state index contributed by atoms with van der Waals surface area (Å²) in [6, 6.07) is 11.2. The number of benzene rings is 2. The predicted molar refractivity (Wildman–Crippen MR) is 83.5 cm³/mol. The molecule has 0 saturated carbocycles. The summed E-state index contributed by atoms with van der Waals surface area (Å²) < 4.78 is 0. The molecule has 0 spiro atoms. The first-order valence-electron chi connectivity index (χ1n) is 5.75. The van der Waals surface area contributed by atoms with E-state index in [1.54, 1.807) is 12.1 Å². The first-order chi connectivity index (χ1) is 9.49. The van der Waals surface area contributed by atoms with E-state index in [-0.39, 0.29) is 10.0 Å². The van der Waals surface area contributed by atoms with E-state index in [1.807, 2.05) is 18.2 Å². The molecule has 1 atom stereocenters. The molecule has 6 heteroatoms. The number of nitrogens with two attached hydrogens (primary N) is 1. The van der Waals surface area contributed by atoms with Crippen LogP contribution < -0.4 is 11.1 Å². The lowest BCUT2D eigenvalue weighted by Crippen LogP contribution is -2.27. The van der Waals surface area contributed by atoms with Crippen LogP contribution in [-0.2, 0) is 4.79 Å². The molecule has 0 aromatic heterocycles. The zero-order chi connectivity index (χ0) is 14.7. The Bertz CT molecular complexity index is 609. The second kappa shape index (κ2) is 6.46. The minimum absolute atomic E-state index is 0.260. The third-order valence-electron chi connectivity index (χ3n) is 2.70. The van der Waals surface area contributed by atoms with Gasteiger partial charge in [0.15, 0.2) is 0 Å². The molecule has 3 nitrogen and oxygen atoms in total. The number of nitrogens with one attached hydrogen (secondary N) is 1. The molecule has 0 unspecified atom stereocenters. The number of carbonyl (C=O) groups excluding carboxylic acids is 1. The monoisotopic (exact) mass is 328 g/mol. The third-order valence-corrected chi connectivity index (χ3v) is 3.51. The number of carbonyl (C=O) groups is 1. The topological polar surface area (TPSA) is 55.1 Å². The van der Waals surface area contributed by atoms with Gasteiger partial charge < -0.3 is 11.1 Å². The normalized spacial score (nSPS) is 12.0. The number of anilines is 1. The number of hydrogen-bond acceptors (Lipinski definition) is 2. The second-order valence-corrected chi connectivity index (χ2v) is 5.37. The molecule has 0 radical (unpaired) electrons. The van der Waals surface area contributed by atoms with Gasteiger partial charge in [-0.3, -0.25) is 4.79 Å². The van der Waals surface area contributed by atoms with Gasteiger partial charge in [-0.15, -0.1) is 0 Å². The van der Waals surface area contributed by atoms with Crippen molar-refractivity contribution >= 4 is 46.4 Å². The van der Waals surface area contributed by atoms with Crippen LogP contribution in [0.4, 0.5) is 5.69 Å². The highest BCUT2D eigenvalue weighted by Gasteiger charge is 2.18. The van der Waals surface area contributed by atoms with Crippen molar-refractivity contribution < 1.29 is 4.79 Å². The summed E-state index contributed by atoms with van der Waals surface area (Å²) in [5.74, 6) is -0.401. The van der Waals surface area contributed by atoms with Crippen molar-refractivity contribution in [3.8, 4) is 0 Å². The number of rotatable bonds is 3. The maximum Gasteiger partial charge on any atom is 0.245 e. The SMILES string of the molecule is N[C@H](C(=O)Nc1c(Cl)cc(Cl)cc1Cl)c1ccccc1. The average molecular weight is 330 g/mol. The highest BCUT2D eigenvalue weighted by Crippen LogP contribution is 2.34.